The van der Waals surface area contributed by atoms with Gasteiger partial charge in [0, 0.05) is 17.6 Å². The van der Waals surface area contributed by atoms with Crippen molar-refractivity contribution in [1.82, 2.24) is 9.88 Å². The number of H-pyrrole nitrogens is 1. The SMILES string of the molecule is CN(C)C(c1cccc(N)c1)c1ccc[nH]1. The van der Waals surface area contributed by atoms with Gasteiger partial charge in [0.25, 0.3) is 0 Å². The standard InChI is InChI=1S/C13H17N3/c1-16(2)13(12-7-4-8-15-12)10-5-3-6-11(14)9-10/h3-9,13,15H,14H2,1-2H3. The topological polar surface area (TPSA) is 45.0 Å². The van der Waals surface area contributed by atoms with E-state index in [2.05, 4.69) is 36.1 Å². The molecule has 0 radical (unpaired) electrons. The van der Waals surface area contributed by atoms with Crippen molar-refractivity contribution in [3.63, 3.8) is 0 Å². The van der Waals surface area contributed by atoms with Crippen LogP contribution in [0.3, 0.4) is 0 Å². The normalized spacial score (nSPS) is 12.9. The van der Waals surface area contributed by atoms with Crippen molar-refractivity contribution in [1.29, 1.82) is 0 Å². The third kappa shape index (κ3) is 2.09. The quantitative estimate of drug-likeness (QED) is 0.771. The zero-order chi connectivity index (χ0) is 11.5. The van der Waals surface area contributed by atoms with Crippen LogP contribution in [-0.4, -0.2) is 24.0 Å². The van der Waals surface area contributed by atoms with Crippen molar-refractivity contribution in [2.75, 3.05) is 19.8 Å². The van der Waals surface area contributed by atoms with E-state index >= 15 is 0 Å². The van der Waals surface area contributed by atoms with Crippen molar-refractivity contribution < 1.29 is 0 Å². The Bertz CT molecular complexity index is 446. The van der Waals surface area contributed by atoms with Crippen molar-refractivity contribution in [3.05, 3.63) is 53.9 Å². The van der Waals surface area contributed by atoms with Gasteiger partial charge in [-0.25, -0.2) is 0 Å². The van der Waals surface area contributed by atoms with Gasteiger partial charge in [0.2, 0.25) is 0 Å². The van der Waals surface area contributed by atoms with E-state index in [1.807, 2.05) is 30.5 Å². The van der Waals surface area contributed by atoms with Crippen LogP contribution in [0.15, 0.2) is 42.6 Å². The molecule has 1 atom stereocenters. The Labute approximate surface area is 95.9 Å². The molecule has 0 aliphatic heterocycles. The van der Waals surface area contributed by atoms with E-state index in [-0.39, 0.29) is 6.04 Å². The number of nitrogens with two attached hydrogens (primary N) is 1. The zero-order valence-corrected chi connectivity index (χ0v) is 9.64. The second kappa shape index (κ2) is 4.41. The molecule has 0 saturated heterocycles. The smallest absolute Gasteiger partial charge is 0.0749 e. The molecule has 1 aromatic carbocycles. The molecule has 3 nitrogen and oxygen atoms in total. The van der Waals surface area contributed by atoms with Gasteiger partial charge in [-0.1, -0.05) is 12.1 Å². The summed E-state index contributed by atoms with van der Waals surface area (Å²) in [6.07, 6.45) is 1.94. The minimum absolute atomic E-state index is 0.221. The molecule has 84 valence electrons. The molecule has 1 heterocycles. The maximum atomic E-state index is 5.82. The lowest BCUT2D eigenvalue weighted by molar-refractivity contribution is 0.337. The van der Waals surface area contributed by atoms with Gasteiger partial charge >= 0.3 is 0 Å². The van der Waals surface area contributed by atoms with Crippen LogP contribution in [0.1, 0.15) is 17.3 Å². The number of anilines is 1. The van der Waals surface area contributed by atoms with Crippen LogP contribution in [0.4, 0.5) is 5.69 Å². The fourth-order valence-corrected chi connectivity index (χ4v) is 2.00. The first-order chi connectivity index (χ1) is 7.68. The Morgan fingerprint density at radius 3 is 2.56 bits per heavy atom. The Kier molecular flexibility index (Phi) is 2.97. The molecule has 0 spiro atoms. The molecule has 1 unspecified atom stereocenters. The lowest BCUT2D eigenvalue weighted by atomic mass is 10.0. The number of nitrogens with one attached hydrogen (secondary N) is 1. The summed E-state index contributed by atoms with van der Waals surface area (Å²) in [4.78, 5) is 5.42. The van der Waals surface area contributed by atoms with Crippen LogP contribution in [0, 0.1) is 0 Å². The van der Waals surface area contributed by atoms with Crippen molar-refractivity contribution in [2.45, 2.75) is 6.04 Å². The molecule has 0 saturated carbocycles. The number of benzene rings is 1. The maximum absolute atomic E-state index is 5.82. The first-order valence-corrected chi connectivity index (χ1v) is 5.33. The second-order valence-electron chi connectivity index (χ2n) is 4.16. The average molecular weight is 215 g/mol. The summed E-state index contributed by atoms with van der Waals surface area (Å²) >= 11 is 0. The van der Waals surface area contributed by atoms with Gasteiger partial charge in [-0.15, -0.1) is 0 Å². The maximum Gasteiger partial charge on any atom is 0.0749 e. The molecule has 2 aromatic rings. The summed E-state index contributed by atoms with van der Waals surface area (Å²) in [5, 5.41) is 0. The lowest BCUT2D eigenvalue weighted by Crippen LogP contribution is -2.21. The van der Waals surface area contributed by atoms with E-state index in [0.29, 0.717) is 0 Å². The van der Waals surface area contributed by atoms with Gasteiger partial charge in [0.1, 0.15) is 0 Å². The predicted molar refractivity (Wildman–Crippen MR) is 67.2 cm³/mol. The minimum Gasteiger partial charge on any atom is -0.399 e. The van der Waals surface area contributed by atoms with Crippen LogP contribution in [0.25, 0.3) is 0 Å². The number of nitrogen functional groups attached to an aromatic ring is 1. The van der Waals surface area contributed by atoms with Crippen LogP contribution >= 0.6 is 0 Å². The first kappa shape index (κ1) is 10.8. The van der Waals surface area contributed by atoms with E-state index in [9.17, 15) is 0 Å². The Hall–Kier alpha value is -1.74. The molecule has 3 heteroatoms. The molecule has 2 rings (SSSR count). The molecule has 0 aliphatic carbocycles. The van der Waals surface area contributed by atoms with E-state index in [0.717, 1.165) is 5.69 Å². The summed E-state index contributed by atoms with van der Waals surface area (Å²) in [6, 6.07) is 12.3. The third-order valence-corrected chi connectivity index (χ3v) is 2.66. The van der Waals surface area contributed by atoms with Crippen LogP contribution < -0.4 is 5.73 Å². The largest absolute Gasteiger partial charge is 0.399 e. The highest BCUT2D eigenvalue weighted by Gasteiger charge is 2.16. The van der Waals surface area contributed by atoms with Gasteiger partial charge in [-0.2, -0.15) is 0 Å². The summed E-state index contributed by atoms with van der Waals surface area (Å²) in [6.45, 7) is 0. The number of aromatic amines is 1. The summed E-state index contributed by atoms with van der Waals surface area (Å²) in [5.41, 5.74) is 9.00. The Balaban J connectivity index is 2.41. The van der Waals surface area contributed by atoms with Crippen molar-refractivity contribution >= 4 is 5.69 Å². The van der Waals surface area contributed by atoms with E-state index in [4.69, 9.17) is 5.73 Å². The highest BCUT2D eigenvalue weighted by molar-refractivity contribution is 5.43. The average Bonchev–Trinajstić information content (AvgIpc) is 2.71. The molecule has 3 N–H and O–H groups in total. The Morgan fingerprint density at radius 2 is 2.00 bits per heavy atom. The fraction of sp³-hybridized carbons (Fsp3) is 0.231. The van der Waals surface area contributed by atoms with Crippen molar-refractivity contribution in [2.24, 2.45) is 0 Å². The van der Waals surface area contributed by atoms with Gasteiger partial charge in [-0.3, -0.25) is 4.90 Å². The molecule has 0 fully saturated rings. The van der Waals surface area contributed by atoms with E-state index in [1.165, 1.54) is 11.3 Å². The van der Waals surface area contributed by atoms with Gasteiger partial charge < -0.3 is 10.7 Å². The van der Waals surface area contributed by atoms with Gasteiger partial charge in [-0.05, 0) is 43.9 Å². The predicted octanol–water partition coefficient (Wildman–Crippen LogP) is 2.25. The van der Waals surface area contributed by atoms with Crippen LogP contribution in [0.5, 0.6) is 0 Å². The van der Waals surface area contributed by atoms with Crippen molar-refractivity contribution in [3.8, 4) is 0 Å². The van der Waals surface area contributed by atoms with E-state index in [1.54, 1.807) is 0 Å². The monoisotopic (exact) mass is 215 g/mol. The molecule has 0 bridgehead atoms. The van der Waals surface area contributed by atoms with Crippen LogP contribution in [-0.2, 0) is 0 Å². The van der Waals surface area contributed by atoms with Gasteiger partial charge in [0.05, 0.1) is 6.04 Å². The number of aromatic nitrogens is 1. The van der Waals surface area contributed by atoms with E-state index < -0.39 is 0 Å². The highest BCUT2D eigenvalue weighted by atomic mass is 15.1. The number of rotatable bonds is 3. The first-order valence-electron chi connectivity index (χ1n) is 5.33. The highest BCUT2D eigenvalue weighted by Crippen LogP contribution is 2.26. The summed E-state index contributed by atoms with van der Waals surface area (Å²) in [7, 11) is 4.13. The molecule has 0 aliphatic rings. The van der Waals surface area contributed by atoms with Crippen LogP contribution in [0.2, 0.25) is 0 Å². The second-order valence-corrected chi connectivity index (χ2v) is 4.16. The number of hydrogen-bond acceptors (Lipinski definition) is 2. The molecular weight excluding hydrogens is 198 g/mol. The Morgan fingerprint density at radius 1 is 1.19 bits per heavy atom. The van der Waals surface area contributed by atoms with Gasteiger partial charge in [0.15, 0.2) is 0 Å². The zero-order valence-electron chi connectivity index (χ0n) is 9.64. The number of hydrogen-bond donors (Lipinski definition) is 2. The molecule has 16 heavy (non-hydrogen) atoms. The third-order valence-electron chi connectivity index (χ3n) is 2.66. The molecular formula is C13H17N3. The fourth-order valence-electron chi connectivity index (χ4n) is 2.00. The number of nitrogens with zero attached hydrogens (tertiary/aromatic N) is 1. The molecule has 0 amide bonds. The lowest BCUT2D eigenvalue weighted by Gasteiger charge is -2.24. The minimum atomic E-state index is 0.221. The molecule has 1 aromatic heterocycles. The summed E-state index contributed by atoms with van der Waals surface area (Å²) in [5.74, 6) is 0. The summed E-state index contributed by atoms with van der Waals surface area (Å²) < 4.78 is 0.